The zero-order valence-electron chi connectivity index (χ0n) is 12.4. The van der Waals surface area contributed by atoms with Gasteiger partial charge in [0.2, 0.25) is 0 Å². The van der Waals surface area contributed by atoms with Gasteiger partial charge < -0.3 is 10.6 Å². The van der Waals surface area contributed by atoms with Crippen LogP contribution >= 0.6 is 0 Å². The Morgan fingerprint density at radius 3 is 2.95 bits per heavy atom. The van der Waals surface area contributed by atoms with Gasteiger partial charge in [0.05, 0.1) is 11.3 Å². The SMILES string of the molecule is O=C(NC1CC1)c1cncc(NCCC2=CCCCC2)c1. The molecule has 0 unspecified atom stereocenters. The van der Waals surface area contributed by atoms with Crippen LogP contribution in [0.2, 0.25) is 0 Å². The summed E-state index contributed by atoms with van der Waals surface area (Å²) in [5, 5.41) is 6.36. The lowest BCUT2D eigenvalue weighted by atomic mass is 9.97. The van der Waals surface area contributed by atoms with Crippen molar-refractivity contribution in [2.45, 2.75) is 51.0 Å². The molecule has 0 saturated heterocycles. The first-order valence-electron chi connectivity index (χ1n) is 7.99. The highest BCUT2D eigenvalue weighted by Crippen LogP contribution is 2.21. The zero-order chi connectivity index (χ0) is 14.5. The van der Waals surface area contributed by atoms with E-state index < -0.39 is 0 Å². The number of carbonyl (C=O) groups is 1. The summed E-state index contributed by atoms with van der Waals surface area (Å²) >= 11 is 0. The lowest BCUT2D eigenvalue weighted by molar-refractivity contribution is 0.0951. The standard InChI is InChI=1S/C17H23N3O/c21-17(20-15-6-7-15)14-10-16(12-18-11-14)19-9-8-13-4-2-1-3-5-13/h4,10-12,15,19H,1-3,5-9H2,(H,20,21). The number of nitrogens with one attached hydrogen (secondary N) is 2. The quantitative estimate of drug-likeness (QED) is 0.789. The van der Waals surface area contributed by atoms with Gasteiger partial charge in [-0.1, -0.05) is 11.6 Å². The highest BCUT2D eigenvalue weighted by molar-refractivity contribution is 5.95. The maximum Gasteiger partial charge on any atom is 0.253 e. The number of aromatic nitrogens is 1. The van der Waals surface area contributed by atoms with E-state index in [2.05, 4.69) is 21.7 Å². The molecule has 1 amide bonds. The van der Waals surface area contributed by atoms with Gasteiger partial charge in [0.1, 0.15) is 0 Å². The number of amides is 1. The van der Waals surface area contributed by atoms with Crippen LogP contribution < -0.4 is 10.6 Å². The predicted octanol–water partition coefficient (Wildman–Crippen LogP) is 3.28. The molecule has 112 valence electrons. The maximum absolute atomic E-state index is 12.0. The Kier molecular flexibility index (Phi) is 4.53. The van der Waals surface area contributed by atoms with Gasteiger partial charge in [-0.05, 0) is 51.0 Å². The van der Waals surface area contributed by atoms with Crippen molar-refractivity contribution in [2.75, 3.05) is 11.9 Å². The van der Waals surface area contributed by atoms with Crippen LogP contribution in [0.3, 0.4) is 0 Å². The fourth-order valence-electron chi connectivity index (χ4n) is 2.66. The second kappa shape index (κ2) is 6.74. The molecule has 0 aromatic carbocycles. The van der Waals surface area contributed by atoms with Gasteiger partial charge >= 0.3 is 0 Å². The van der Waals surface area contributed by atoms with E-state index in [4.69, 9.17) is 0 Å². The number of pyridine rings is 1. The van der Waals surface area contributed by atoms with Gasteiger partial charge in [-0.2, -0.15) is 0 Å². The van der Waals surface area contributed by atoms with Gasteiger partial charge in [0.15, 0.2) is 0 Å². The van der Waals surface area contributed by atoms with E-state index in [1.807, 2.05) is 6.07 Å². The highest BCUT2D eigenvalue weighted by Gasteiger charge is 2.23. The molecule has 1 heterocycles. The summed E-state index contributed by atoms with van der Waals surface area (Å²) in [6.07, 6.45) is 14.2. The fraction of sp³-hybridized carbons (Fsp3) is 0.529. The minimum Gasteiger partial charge on any atom is -0.383 e. The van der Waals surface area contributed by atoms with Crippen molar-refractivity contribution >= 4 is 11.6 Å². The molecular weight excluding hydrogens is 262 g/mol. The lowest BCUT2D eigenvalue weighted by Gasteiger charge is -2.13. The number of rotatable bonds is 6. The van der Waals surface area contributed by atoms with Crippen molar-refractivity contribution in [2.24, 2.45) is 0 Å². The van der Waals surface area contributed by atoms with E-state index >= 15 is 0 Å². The van der Waals surface area contributed by atoms with E-state index in [-0.39, 0.29) is 5.91 Å². The third kappa shape index (κ3) is 4.31. The summed E-state index contributed by atoms with van der Waals surface area (Å²) in [4.78, 5) is 16.1. The van der Waals surface area contributed by atoms with Crippen LogP contribution in [-0.2, 0) is 0 Å². The topological polar surface area (TPSA) is 54.0 Å². The summed E-state index contributed by atoms with van der Waals surface area (Å²) in [7, 11) is 0. The summed E-state index contributed by atoms with van der Waals surface area (Å²) < 4.78 is 0. The molecule has 0 radical (unpaired) electrons. The third-order valence-electron chi connectivity index (χ3n) is 4.07. The Hall–Kier alpha value is -1.84. The maximum atomic E-state index is 12.0. The first-order valence-corrected chi connectivity index (χ1v) is 7.99. The Morgan fingerprint density at radius 1 is 1.29 bits per heavy atom. The normalized spacial score (nSPS) is 18.0. The Labute approximate surface area is 126 Å². The van der Waals surface area contributed by atoms with Gasteiger partial charge in [-0.15, -0.1) is 0 Å². The largest absolute Gasteiger partial charge is 0.383 e. The van der Waals surface area contributed by atoms with Gasteiger partial charge in [-0.25, -0.2) is 0 Å². The molecule has 3 rings (SSSR count). The molecule has 4 heteroatoms. The van der Waals surface area contributed by atoms with Crippen LogP contribution in [0.15, 0.2) is 30.1 Å². The van der Waals surface area contributed by atoms with Gasteiger partial charge in [0.25, 0.3) is 5.91 Å². The molecule has 4 nitrogen and oxygen atoms in total. The molecule has 0 aliphatic heterocycles. The van der Waals surface area contributed by atoms with Crippen molar-refractivity contribution < 1.29 is 4.79 Å². The molecule has 1 saturated carbocycles. The van der Waals surface area contributed by atoms with Crippen molar-refractivity contribution in [1.29, 1.82) is 0 Å². The van der Waals surface area contributed by atoms with E-state index in [0.29, 0.717) is 11.6 Å². The molecule has 1 fully saturated rings. The first kappa shape index (κ1) is 14.1. The van der Waals surface area contributed by atoms with Crippen LogP contribution in [0.1, 0.15) is 55.3 Å². The van der Waals surface area contributed by atoms with Crippen molar-refractivity contribution in [3.63, 3.8) is 0 Å². The molecule has 0 atom stereocenters. The van der Waals surface area contributed by atoms with Crippen LogP contribution in [-0.4, -0.2) is 23.5 Å². The van der Waals surface area contributed by atoms with Crippen molar-refractivity contribution in [3.8, 4) is 0 Å². The average Bonchev–Trinajstić information content (AvgIpc) is 3.33. The lowest BCUT2D eigenvalue weighted by Crippen LogP contribution is -2.25. The summed E-state index contributed by atoms with van der Waals surface area (Å²) in [6, 6.07) is 2.27. The monoisotopic (exact) mass is 285 g/mol. The van der Waals surface area contributed by atoms with Crippen LogP contribution in [0.5, 0.6) is 0 Å². The van der Waals surface area contributed by atoms with E-state index in [1.165, 1.54) is 25.7 Å². The fourth-order valence-corrected chi connectivity index (χ4v) is 2.66. The number of nitrogens with zero attached hydrogens (tertiary/aromatic N) is 1. The van der Waals surface area contributed by atoms with Gasteiger partial charge in [-0.3, -0.25) is 9.78 Å². The number of hydrogen-bond acceptors (Lipinski definition) is 3. The van der Waals surface area contributed by atoms with Crippen molar-refractivity contribution in [1.82, 2.24) is 10.3 Å². The summed E-state index contributed by atoms with van der Waals surface area (Å²) in [6.45, 7) is 0.904. The molecule has 21 heavy (non-hydrogen) atoms. The second-order valence-electron chi connectivity index (χ2n) is 5.99. The predicted molar refractivity (Wildman–Crippen MR) is 84.4 cm³/mol. The highest BCUT2D eigenvalue weighted by atomic mass is 16.1. The Bertz CT molecular complexity index is 535. The van der Waals surface area contributed by atoms with Gasteiger partial charge in [0, 0.05) is 25.0 Å². The van der Waals surface area contributed by atoms with E-state index in [0.717, 1.165) is 31.5 Å². The minimum atomic E-state index is -0.0105. The molecule has 2 N–H and O–H groups in total. The average molecular weight is 285 g/mol. The molecule has 2 aliphatic carbocycles. The van der Waals surface area contributed by atoms with Crippen LogP contribution in [0, 0.1) is 0 Å². The molecule has 0 bridgehead atoms. The number of anilines is 1. The van der Waals surface area contributed by atoms with Crippen LogP contribution in [0.25, 0.3) is 0 Å². The molecule has 1 aromatic heterocycles. The second-order valence-corrected chi connectivity index (χ2v) is 5.99. The zero-order valence-corrected chi connectivity index (χ0v) is 12.4. The van der Waals surface area contributed by atoms with E-state index in [9.17, 15) is 4.79 Å². The third-order valence-corrected chi connectivity index (χ3v) is 4.07. The van der Waals surface area contributed by atoms with Crippen LogP contribution in [0.4, 0.5) is 5.69 Å². The molecular formula is C17H23N3O. The Morgan fingerprint density at radius 2 is 2.19 bits per heavy atom. The smallest absolute Gasteiger partial charge is 0.253 e. The minimum absolute atomic E-state index is 0.0105. The Balaban J connectivity index is 1.50. The molecule has 0 spiro atoms. The summed E-state index contributed by atoms with van der Waals surface area (Å²) in [5.74, 6) is -0.0105. The number of hydrogen-bond donors (Lipinski definition) is 2. The molecule has 2 aliphatic rings. The number of carbonyl (C=O) groups excluding carboxylic acids is 1. The van der Waals surface area contributed by atoms with E-state index in [1.54, 1.807) is 18.0 Å². The number of allylic oxidation sites excluding steroid dienone is 1. The summed E-state index contributed by atoms with van der Waals surface area (Å²) in [5.41, 5.74) is 3.13. The molecule has 1 aromatic rings. The first-order chi connectivity index (χ1) is 10.3. The van der Waals surface area contributed by atoms with Crippen molar-refractivity contribution in [3.05, 3.63) is 35.7 Å².